The van der Waals surface area contributed by atoms with Crippen LogP contribution in [0.1, 0.15) is 39.9 Å². The van der Waals surface area contributed by atoms with Crippen LogP contribution in [0.25, 0.3) is 0 Å². The highest BCUT2D eigenvalue weighted by molar-refractivity contribution is 7.84. The number of hydrogen-bond acceptors (Lipinski definition) is 4. The average molecular weight is 304 g/mol. The number of anilines is 1. The first kappa shape index (κ1) is 16.4. The summed E-state index contributed by atoms with van der Waals surface area (Å²) < 4.78 is 11.3. The van der Waals surface area contributed by atoms with E-state index in [0.717, 1.165) is 24.6 Å². The largest absolute Gasteiger partial charge is 0.370 e. The van der Waals surface area contributed by atoms with Crippen molar-refractivity contribution >= 4 is 28.2 Å². The van der Waals surface area contributed by atoms with E-state index in [0.29, 0.717) is 5.15 Å². The van der Waals surface area contributed by atoms with Gasteiger partial charge >= 0.3 is 0 Å². The summed E-state index contributed by atoms with van der Waals surface area (Å²) in [5.41, 5.74) is -0.139. The minimum Gasteiger partial charge on any atom is -0.370 e. The van der Waals surface area contributed by atoms with Gasteiger partial charge in [-0.05, 0) is 6.42 Å². The van der Waals surface area contributed by atoms with E-state index in [2.05, 4.69) is 15.3 Å². The molecule has 1 heterocycles. The Balaban J connectivity index is 2.69. The molecule has 108 valence electrons. The Morgan fingerprint density at radius 1 is 1.42 bits per heavy atom. The monoisotopic (exact) mass is 303 g/mol. The fraction of sp³-hybridized carbons (Fsp3) is 0.692. The van der Waals surface area contributed by atoms with Gasteiger partial charge < -0.3 is 5.32 Å². The smallest absolute Gasteiger partial charge is 0.137 e. The molecule has 19 heavy (non-hydrogen) atoms. The van der Waals surface area contributed by atoms with Crippen molar-refractivity contribution in [3.63, 3.8) is 0 Å². The van der Waals surface area contributed by atoms with Gasteiger partial charge in [-0.1, -0.05) is 39.3 Å². The Morgan fingerprint density at radius 2 is 2.05 bits per heavy atom. The number of nitrogens with zero attached hydrogens (tertiary/aromatic N) is 2. The van der Waals surface area contributed by atoms with Gasteiger partial charge in [0, 0.05) is 40.3 Å². The molecule has 1 aromatic rings. The van der Waals surface area contributed by atoms with Gasteiger partial charge in [0.25, 0.3) is 0 Å². The first-order valence-corrected chi connectivity index (χ1v) is 8.31. The van der Waals surface area contributed by atoms with E-state index < -0.39 is 10.8 Å². The van der Waals surface area contributed by atoms with Crippen LogP contribution in [-0.2, 0) is 16.2 Å². The Hall–Kier alpha value is -0.680. The van der Waals surface area contributed by atoms with E-state index in [-0.39, 0.29) is 10.7 Å². The quantitative estimate of drug-likeness (QED) is 0.850. The van der Waals surface area contributed by atoms with Crippen molar-refractivity contribution in [2.75, 3.05) is 18.1 Å². The zero-order chi connectivity index (χ0) is 14.6. The lowest BCUT2D eigenvalue weighted by Gasteiger charge is -2.18. The minimum atomic E-state index is -0.790. The Bertz CT molecular complexity index is 460. The highest BCUT2D eigenvalue weighted by atomic mass is 35.5. The highest BCUT2D eigenvalue weighted by Gasteiger charge is 2.18. The molecular formula is C13H22ClN3OS. The first-order chi connectivity index (χ1) is 8.70. The fourth-order valence-corrected chi connectivity index (χ4v) is 2.05. The molecule has 0 aromatic carbocycles. The highest BCUT2D eigenvalue weighted by Crippen LogP contribution is 2.22. The molecule has 6 heteroatoms. The third kappa shape index (κ3) is 5.45. The second-order valence-electron chi connectivity index (χ2n) is 5.67. The van der Waals surface area contributed by atoms with Crippen molar-refractivity contribution in [1.29, 1.82) is 0 Å². The lowest BCUT2D eigenvalue weighted by atomic mass is 9.96. The number of halogens is 1. The van der Waals surface area contributed by atoms with Crippen LogP contribution < -0.4 is 5.32 Å². The second-order valence-corrected chi connectivity index (χ2v) is 7.86. The van der Waals surface area contributed by atoms with Gasteiger partial charge in [0.1, 0.15) is 16.8 Å². The third-order valence-electron chi connectivity index (χ3n) is 2.79. The molecule has 1 rings (SSSR count). The van der Waals surface area contributed by atoms with Gasteiger partial charge in [0.15, 0.2) is 0 Å². The molecule has 0 aliphatic carbocycles. The summed E-state index contributed by atoms with van der Waals surface area (Å²) in [6.07, 6.45) is 2.56. The fourth-order valence-electron chi connectivity index (χ4n) is 1.41. The van der Waals surface area contributed by atoms with Gasteiger partial charge in [0.2, 0.25) is 0 Å². The van der Waals surface area contributed by atoms with Gasteiger partial charge in [-0.25, -0.2) is 9.97 Å². The molecule has 2 unspecified atom stereocenters. The van der Waals surface area contributed by atoms with Gasteiger partial charge in [-0.15, -0.1) is 0 Å². The van der Waals surface area contributed by atoms with Crippen LogP contribution in [-0.4, -0.2) is 32.2 Å². The lowest BCUT2D eigenvalue weighted by molar-refractivity contribution is 0.546. The van der Waals surface area contributed by atoms with Crippen LogP contribution >= 0.6 is 11.6 Å². The average Bonchev–Trinajstić information content (AvgIpc) is 2.26. The maximum Gasteiger partial charge on any atom is 0.137 e. The summed E-state index contributed by atoms with van der Waals surface area (Å²) in [4.78, 5) is 8.71. The predicted molar refractivity (Wildman–Crippen MR) is 82.4 cm³/mol. The van der Waals surface area contributed by atoms with Crippen LogP contribution in [0.4, 0.5) is 5.82 Å². The number of aromatic nitrogens is 2. The SMILES string of the molecule is CC(CCNc1cc(Cl)nc(C(C)(C)C)n1)S(C)=O. The predicted octanol–water partition coefficient (Wildman–Crippen LogP) is 3.00. The molecule has 0 aliphatic rings. The molecule has 0 bridgehead atoms. The lowest BCUT2D eigenvalue weighted by Crippen LogP contribution is -2.19. The number of hydrogen-bond donors (Lipinski definition) is 1. The van der Waals surface area contributed by atoms with Crippen LogP contribution in [0.2, 0.25) is 5.15 Å². The topological polar surface area (TPSA) is 54.9 Å². The summed E-state index contributed by atoms with van der Waals surface area (Å²) in [6, 6.07) is 1.71. The minimum absolute atomic E-state index is 0.139. The number of rotatable bonds is 5. The van der Waals surface area contributed by atoms with E-state index in [4.69, 9.17) is 11.6 Å². The van der Waals surface area contributed by atoms with Crippen molar-refractivity contribution in [3.05, 3.63) is 17.0 Å². The van der Waals surface area contributed by atoms with E-state index in [1.807, 2.05) is 27.7 Å². The van der Waals surface area contributed by atoms with E-state index >= 15 is 0 Å². The number of nitrogens with one attached hydrogen (secondary N) is 1. The molecule has 1 N–H and O–H groups in total. The molecule has 0 spiro atoms. The van der Waals surface area contributed by atoms with E-state index in [9.17, 15) is 4.21 Å². The molecule has 0 fully saturated rings. The Kier molecular flexibility index (Phi) is 5.74. The van der Waals surface area contributed by atoms with Crippen LogP contribution in [0.15, 0.2) is 6.07 Å². The molecule has 0 radical (unpaired) electrons. The van der Waals surface area contributed by atoms with Crippen LogP contribution in [0, 0.1) is 0 Å². The third-order valence-corrected chi connectivity index (χ3v) is 4.35. The molecule has 4 nitrogen and oxygen atoms in total. The molecule has 0 amide bonds. The second kappa shape index (κ2) is 6.66. The molecule has 1 aromatic heterocycles. The Labute approximate surface area is 122 Å². The molecular weight excluding hydrogens is 282 g/mol. The molecule has 0 aliphatic heterocycles. The van der Waals surface area contributed by atoms with Crippen molar-refractivity contribution in [2.45, 2.75) is 44.8 Å². The van der Waals surface area contributed by atoms with Crippen molar-refractivity contribution in [1.82, 2.24) is 9.97 Å². The van der Waals surface area contributed by atoms with E-state index in [1.165, 1.54) is 0 Å². The van der Waals surface area contributed by atoms with Gasteiger partial charge in [0.05, 0.1) is 0 Å². The van der Waals surface area contributed by atoms with Crippen LogP contribution in [0.3, 0.4) is 0 Å². The van der Waals surface area contributed by atoms with E-state index in [1.54, 1.807) is 12.3 Å². The summed E-state index contributed by atoms with van der Waals surface area (Å²) >= 11 is 6.01. The zero-order valence-corrected chi connectivity index (χ0v) is 13.7. The molecule has 0 saturated carbocycles. The normalized spacial score (nSPS) is 15.1. The maximum absolute atomic E-state index is 11.3. The summed E-state index contributed by atoms with van der Waals surface area (Å²) in [5.74, 6) is 1.44. The summed E-state index contributed by atoms with van der Waals surface area (Å²) in [6.45, 7) is 8.84. The molecule has 2 atom stereocenters. The van der Waals surface area contributed by atoms with Crippen molar-refractivity contribution in [2.24, 2.45) is 0 Å². The van der Waals surface area contributed by atoms with Crippen molar-refractivity contribution < 1.29 is 4.21 Å². The van der Waals surface area contributed by atoms with Crippen molar-refractivity contribution in [3.8, 4) is 0 Å². The standard InChI is InChI=1S/C13H22ClN3OS/c1-9(19(5)18)6-7-15-11-8-10(14)16-12(17-11)13(2,3)4/h8-9H,6-7H2,1-5H3,(H,15,16,17). The Morgan fingerprint density at radius 3 is 2.58 bits per heavy atom. The summed E-state index contributed by atoms with van der Waals surface area (Å²) in [7, 11) is -0.790. The van der Waals surface area contributed by atoms with Gasteiger partial charge in [-0.2, -0.15) is 0 Å². The van der Waals surface area contributed by atoms with Gasteiger partial charge in [-0.3, -0.25) is 4.21 Å². The molecule has 0 saturated heterocycles. The first-order valence-electron chi connectivity index (χ1n) is 6.31. The van der Waals surface area contributed by atoms with Crippen LogP contribution in [0.5, 0.6) is 0 Å². The maximum atomic E-state index is 11.3. The summed E-state index contributed by atoms with van der Waals surface area (Å²) in [5, 5.41) is 3.83. The zero-order valence-electron chi connectivity index (χ0n) is 12.2.